The summed E-state index contributed by atoms with van der Waals surface area (Å²) in [6, 6.07) is 3.40. The Morgan fingerprint density at radius 3 is 2.94 bits per heavy atom. The van der Waals surface area contributed by atoms with Crippen LogP contribution in [0, 0.1) is 18.3 Å². The molecule has 86 valence electrons. The number of hydrogen-bond donors (Lipinski definition) is 2. The number of aryl methyl sites for hydroxylation is 1. The summed E-state index contributed by atoms with van der Waals surface area (Å²) in [7, 11) is 0. The first-order valence-corrected chi connectivity index (χ1v) is 4.94. The third kappa shape index (κ3) is 2.52. The topological polar surface area (TPSA) is 116 Å². The van der Waals surface area contributed by atoms with Crippen molar-refractivity contribution in [1.29, 1.82) is 5.26 Å². The molecule has 8 heteroatoms. The Bertz CT molecular complexity index is 541. The molecule has 2 N–H and O–H groups in total. The molecule has 0 aliphatic carbocycles. The minimum atomic E-state index is -0.193. The van der Waals surface area contributed by atoms with Crippen molar-refractivity contribution >= 4 is 5.95 Å². The highest BCUT2D eigenvalue weighted by molar-refractivity contribution is 5.34. The van der Waals surface area contributed by atoms with Crippen molar-refractivity contribution in [3.05, 3.63) is 23.3 Å². The van der Waals surface area contributed by atoms with Crippen molar-refractivity contribution in [3.63, 3.8) is 0 Å². The Kier molecular flexibility index (Phi) is 2.91. The molecule has 0 aliphatic heterocycles. The first kappa shape index (κ1) is 10.9. The monoisotopic (exact) mass is 230 g/mol. The summed E-state index contributed by atoms with van der Waals surface area (Å²) in [5.41, 5.74) is 1.04. The average Bonchev–Trinajstić information content (AvgIpc) is 2.81. The maximum absolute atomic E-state index is 8.80. The molecule has 0 bridgehead atoms. The Hall–Kier alpha value is -2.56. The Balaban J connectivity index is 2.19. The van der Waals surface area contributed by atoms with E-state index in [1.165, 1.54) is 0 Å². The fourth-order valence-electron chi connectivity index (χ4n) is 1.30. The van der Waals surface area contributed by atoms with Gasteiger partial charge in [0.05, 0.1) is 6.04 Å². The van der Waals surface area contributed by atoms with Crippen LogP contribution in [0.5, 0.6) is 0 Å². The predicted molar refractivity (Wildman–Crippen MR) is 57.7 cm³/mol. The number of nitrogens with zero attached hydrogens (tertiary/aromatic N) is 6. The van der Waals surface area contributed by atoms with Crippen LogP contribution in [-0.2, 0) is 0 Å². The van der Waals surface area contributed by atoms with E-state index in [1.54, 1.807) is 13.0 Å². The Morgan fingerprint density at radius 1 is 1.47 bits per heavy atom. The number of tetrazole rings is 1. The first-order valence-electron chi connectivity index (χ1n) is 4.94. The van der Waals surface area contributed by atoms with Gasteiger partial charge in [-0.2, -0.15) is 10.5 Å². The number of hydrogen-bond acceptors (Lipinski definition) is 7. The highest BCUT2D eigenvalue weighted by Crippen LogP contribution is 2.12. The molecule has 0 radical (unpaired) electrons. The highest BCUT2D eigenvalue weighted by Gasteiger charge is 2.12. The molecule has 8 nitrogen and oxygen atoms in total. The molecule has 2 heterocycles. The standard InChI is InChI=1S/C9H10N8/c1-5-3-7(4-10)13-9(11-5)12-6(2)8-14-16-17-15-8/h3,6H,1-2H3,(H,11,12,13)(H,14,15,16,17). The van der Waals surface area contributed by atoms with Crippen LogP contribution in [0.15, 0.2) is 6.07 Å². The molecule has 0 saturated heterocycles. The second kappa shape index (κ2) is 4.52. The maximum atomic E-state index is 8.80. The van der Waals surface area contributed by atoms with Gasteiger partial charge < -0.3 is 5.32 Å². The molecule has 0 saturated carbocycles. The van der Waals surface area contributed by atoms with Gasteiger partial charge in [-0.25, -0.2) is 9.97 Å². The molecule has 17 heavy (non-hydrogen) atoms. The van der Waals surface area contributed by atoms with Crippen LogP contribution in [0.3, 0.4) is 0 Å². The van der Waals surface area contributed by atoms with Crippen LogP contribution >= 0.6 is 0 Å². The van der Waals surface area contributed by atoms with Gasteiger partial charge in [-0.3, -0.25) is 0 Å². The van der Waals surface area contributed by atoms with E-state index >= 15 is 0 Å². The van der Waals surface area contributed by atoms with Crippen molar-refractivity contribution in [1.82, 2.24) is 30.6 Å². The lowest BCUT2D eigenvalue weighted by Gasteiger charge is -2.09. The number of rotatable bonds is 3. The van der Waals surface area contributed by atoms with Crippen LogP contribution in [0.2, 0.25) is 0 Å². The smallest absolute Gasteiger partial charge is 0.224 e. The zero-order valence-electron chi connectivity index (χ0n) is 9.34. The van der Waals surface area contributed by atoms with Gasteiger partial charge in [-0.05, 0) is 19.9 Å². The molecular formula is C9H10N8. The van der Waals surface area contributed by atoms with Crippen molar-refractivity contribution in [2.75, 3.05) is 5.32 Å². The Morgan fingerprint density at radius 2 is 2.29 bits per heavy atom. The number of aromatic nitrogens is 6. The van der Waals surface area contributed by atoms with Crippen LogP contribution < -0.4 is 5.32 Å². The normalized spacial score (nSPS) is 11.8. The quantitative estimate of drug-likeness (QED) is 0.780. The third-order valence-electron chi connectivity index (χ3n) is 2.06. The van der Waals surface area contributed by atoms with Gasteiger partial charge in [0.1, 0.15) is 11.8 Å². The zero-order valence-corrected chi connectivity index (χ0v) is 9.34. The van der Waals surface area contributed by atoms with Gasteiger partial charge in [-0.1, -0.05) is 5.21 Å². The maximum Gasteiger partial charge on any atom is 0.224 e. The number of H-pyrrole nitrogens is 1. The minimum absolute atomic E-state index is 0.193. The van der Waals surface area contributed by atoms with Crippen LogP contribution in [0.1, 0.15) is 30.2 Å². The van der Waals surface area contributed by atoms with Crippen molar-refractivity contribution < 1.29 is 0 Å². The predicted octanol–water partition coefficient (Wildman–Crippen LogP) is 0.343. The van der Waals surface area contributed by atoms with Gasteiger partial charge in [-0.15, -0.1) is 10.2 Å². The molecule has 0 aliphatic rings. The average molecular weight is 230 g/mol. The summed E-state index contributed by atoms with van der Waals surface area (Å²) in [4.78, 5) is 8.20. The number of anilines is 1. The molecular weight excluding hydrogens is 220 g/mol. The molecule has 2 rings (SSSR count). The molecule has 2 aromatic heterocycles. The molecule has 0 amide bonds. The van der Waals surface area contributed by atoms with E-state index in [-0.39, 0.29) is 6.04 Å². The SMILES string of the molecule is Cc1cc(C#N)nc(NC(C)c2nn[nH]n2)n1. The first-order chi connectivity index (χ1) is 8.19. The van der Waals surface area contributed by atoms with Crippen LogP contribution in [-0.4, -0.2) is 30.6 Å². The summed E-state index contributed by atoms with van der Waals surface area (Å²) in [5, 5.41) is 25.3. The summed E-state index contributed by atoms with van der Waals surface area (Å²) in [6.45, 7) is 3.65. The summed E-state index contributed by atoms with van der Waals surface area (Å²) in [5.74, 6) is 0.882. The van der Waals surface area contributed by atoms with Gasteiger partial charge in [0, 0.05) is 5.69 Å². The number of nitriles is 1. The number of aromatic amines is 1. The second-order valence-electron chi connectivity index (χ2n) is 3.47. The van der Waals surface area contributed by atoms with Crippen LogP contribution in [0.25, 0.3) is 0 Å². The van der Waals surface area contributed by atoms with E-state index in [0.717, 1.165) is 5.69 Å². The van der Waals surface area contributed by atoms with Crippen molar-refractivity contribution in [3.8, 4) is 6.07 Å². The van der Waals surface area contributed by atoms with Gasteiger partial charge in [0.2, 0.25) is 5.95 Å². The fraction of sp³-hybridized carbons (Fsp3) is 0.333. The molecule has 0 fully saturated rings. The molecule has 2 aromatic rings. The lowest BCUT2D eigenvalue weighted by Crippen LogP contribution is -2.12. The third-order valence-corrected chi connectivity index (χ3v) is 2.06. The molecule has 1 atom stereocenters. The van der Waals surface area contributed by atoms with Gasteiger partial charge in [0.25, 0.3) is 0 Å². The van der Waals surface area contributed by atoms with Crippen molar-refractivity contribution in [2.24, 2.45) is 0 Å². The van der Waals surface area contributed by atoms with E-state index in [9.17, 15) is 0 Å². The van der Waals surface area contributed by atoms with E-state index < -0.39 is 0 Å². The number of nitrogens with one attached hydrogen (secondary N) is 2. The van der Waals surface area contributed by atoms with Gasteiger partial charge >= 0.3 is 0 Å². The minimum Gasteiger partial charge on any atom is -0.344 e. The highest BCUT2D eigenvalue weighted by atomic mass is 15.5. The van der Waals surface area contributed by atoms with Crippen molar-refractivity contribution in [2.45, 2.75) is 19.9 Å². The lowest BCUT2D eigenvalue weighted by atomic mass is 10.3. The largest absolute Gasteiger partial charge is 0.344 e. The summed E-state index contributed by atoms with van der Waals surface area (Å²) in [6.07, 6.45) is 0. The van der Waals surface area contributed by atoms with E-state index in [0.29, 0.717) is 17.5 Å². The van der Waals surface area contributed by atoms with Crippen LogP contribution in [0.4, 0.5) is 5.95 Å². The zero-order chi connectivity index (χ0) is 12.3. The Labute approximate surface area is 97.1 Å². The van der Waals surface area contributed by atoms with Gasteiger partial charge in [0.15, 0.2) is 5.82 Å². The fourth-order valence-corrected chi connectivity index (χ4v) is 1.30. The lowest BCUT2D eigenvalue weighted by molar-refractivity contribution is 0.778. The summed E-state index contributed by atoms with van der Waals surface area (Å²) < 4.78 is 0. The second-order valence-corrected chi connectivity index (χ2v) is 3.47. The molecule has 1 unspecified atom stereocenters. The summed E-state index contributed by atoms with van der Waals surface area (Å²) >= 11 is 0. The van der Waals surface area contributed by atoms with E-state index in [4.69, 9.17) is 5.26 Å². The van der Waals surface area contributed by atoms with E-state index in [2.05, 4.69) is 35.9 Å². The molecule has 0 aromatic carbocycles. The molecule has 0 spiro atoms. The van der Waals surface area contributed by atoms with E-state index in [1.807, 2.05) is 13.0 Å².